The average Bonchev–Trinajstić information content (AvgIpc) is 2.52. The first-order chi connectivity index (χ1) is 10.9. The number of aromatic hydroxyl groups is 2. The van der Waals surface area contributed by atoms with Crippen molar-refractivity contribution in [2.24, 2.45) is 11.0 Å². The van der Waals surface area contributed by atoms with E-state index in [0.29, 0.717) is 17.8 Å². The van der Waals surface area contributed by atoms with E-state index in [2.05, 4.69) is 23.9 Å². The highest BCUT2D eigenvalue weighted by atomic mass is 16.5. The van der Waals surface area contributed by atoms with Crippen LogP contribution < -0.4 is 10.4 Å². The molecule has 8 nitrogen and oxygen atoms in total. The Kier molecular flexibility index (Phi) is 6.76. The van der Waals surface area contributed by atoms with Gasteiger partial charge in [-0.3, -0.25) is 0 Å². The van der Waals surface area contributed by atoms with Crippen molar-refractivity contribution in [2.75, 3.05) is 13.7 Å². The van der Waals surface area contributed by atoms with Gasteiger partial charge >= 0.3 is 5.63 Å². The molecular weight excluding hydrogens is 302 g/mol. The SMILES string of the molecule is CC(C)CCN=[N+]=[N-].COc1cc2ccc(=O)oc2c(O)c1O. The smallest absolute Gasteiger partial charge is 0.336 e. The zero-order chi connectivity index (χ0) is 17.4. The number of fused-ring (bicyclic) bond motifs is 1. The predicted octanol–water partition coefficient (Wildman–Crippen LogP) is 3.56. The van der Waals surface area contributed by atoms with Crippen LogP contribution in [-0.4, -0.2) is 23.9 Å². The molecule has 1 aromatic carbocycles. The van der Waals surface area contributed by atoms with E-state index in [9.17, 15) is 15.0 Å². The average molecular weight is 321 g/mol. The lowest BCUT2D eigenvalue weighted by Crippen LogP contribution is -1.95. The molecule has 0 aliphatic heterocycles. The van der Waals surface area contributed by atoms with Crippen LogP contribution in [0, 0.1) is 5.92 Å². The van der Waals surface area contributed by atoms with E-state index < -0.39 is 17.1 Å². The molecule has 8 heteroatoms. The van der Waals surface area contributed by atoms with E-state index in [-0.39, 0.29) is 11.3 Å². The highest BCUT2D eigenvalue weighted by molar-refractivity contribution is 5.87. The zero-order valence-electron chi connectivity index (χ0n) is 13.2. The highest BCUT2D eigenvalue weighted by Crippen LogP contribution is 2.40. The summed E-state index contributed by atoms with van der Waals surface area (Å²) in [7, 11) is 1.36. The van der Waals surface area contributed by atoms with Crippen LogP contribution >= 0.6 is 0 Å². The Morgan fingerprint density at radius 1 is 1.35 bits per heavy atom. The molecule has 2 rings (SSSR count). The fourth-order valence-corrected chi connectivity index (χ4v) is 1.68. The Bertz CT molecular complexity index is 764. The van der Waals surface area contributed by atoms with Crippen molar-refractivity contribution < 1.29 is 19.4 Å². The van der Waals surface area contributed by atoms with Gasteiger partial charge < -0.3 is 19.4 Å². The molecule has 1 heterocycles. The molecule has 124 valence electrons. The topological polar surface area (TPSA) is 129 Å². The lowest BCUT2D eigenvalue weighted by molar-refractivity contribution is 0.349. The molecule has 23 heavy (non-hydrogen) atoms. The summed E-state index contributed by atoms with van der Waals surface area (Å²) in [4.78, 5) is 13.5. The molecule has 2 N–H and O–H groups in total. The van der Waals surface area contributed by atoms with Gasteiger partial charge in [-0.25, -0.2) is 4.79 Å². The number of phenols is 2. The summed E-state index contributed by atoms with van der Waals surface area (Å²) in [5.41, 5.74) is 7.19. The summed E-state index contributed by atoms with van der Waals surface area (Å²) >= 11 is 0. The van der Waals surface area contributed by atoms with Gasteiger partial charge in [-0.2, -0.15) is 0 Å². The van der Waals surface area contributed by atoms with Crippen molar-refractivity contribution in [1.29, 1.82) is 0 Å². The minimum atomic E-state index is -0.595. The summed E-state index contributed by atoms with van der Waals surface area (Å²) in [5, 5.41) is 22.8. The van der Waals surface area contributed by atoms with Gasteiger partial charge in [-0.1, -0.05) is 19.0 Å². The van der Waals surface area contributed by atoms with Gasteiger partial charge in [0.05, 0.1) is 7.11 Å². The first kappa shape index (κ1) is 18.2. The molecule has 0 saturated heterocycles. The molecule has 0 aliphatic carbocycles. The number of phenolic OH excluding ortho intramolecular Hbond substituents is 2. The van der Waals surface area contributed by atoms with Crippen LogP contribution in [0.4, 0.5) is 0 Å². The summed E-state index contributed by atoms with van der Waals surface area (Å²) in [6.07, 6.45) is 0.990. The monoisotopic (exact) mass is 321 g/mol. The van der Waals surface area contributed by atoms with E-state index in [1.165, 1.54) is 25.3 Å². The van der Waals surface area contributed by atoms with Crippen molar-refractivity contribution in [3.8, 4) is 17.2 Å². The van der Waals surface area contributed by atoms with Gasteiger partial charge in [0.25, 0.3) is 0 Å². The Morgan fingerprint density at radius 2 is 2.04 bits per heavy atom. The van der Waals surface area contributed by atoms with E-state index in [4.69, 9.17) is 14.7 Å². The quantitative estimate of drug-likeness (QED) is 0.292. The van der Waals surface area contributed by atoms with E-state index in [1.807, 2.05) is 0 Å². The molecule has 0 spiro atoms. The zero-order valence-corrected chi connectivity index (χ0v) is 13.2. The highest BCUT2D eigenvalue weighted by Gasteiger charge is 2.14. The van der Waals surface area contributed by atoms with Gasteiger partial charge in [0, 0.05) is 22.9 Å². The minimum Gasteiger partial charge on any atom is -0.502 e. The van der Waals surface area contributed by atoms with Crippen LogP contribution in [0.2, 0.25) is 0 Å². The molecule has 1 aromatic heterocycles. The number of nitrogens with zero attached hydrogens (tertiary/aromatic N) is 3. The van der Waals surface area contributed by atoms with Gasteiger partial charge in [-0.05, 0) is 30.0 Å². The predicted molar refractivity (Wildman–Crippen MR) is 85.8 cm³/mol. The molecule has 0 bridgehead atoms. The number of hydrogen-bond donors (Lipinski definition) is 2. The fourth-order valence-electron chi connectivity index (χ4n) is 1.68. The largest absolute Gasteiger partial charge is 0.502 e. The summed E-state index contributed by atoms with van der Waals surface area (Å²) < 4.78 is 9.59. The number of azide groups is 1. The van der Waals surface area contributed by atoms with Crippen molar-refractivity contribution in [3.05, 3.63) is 39.1 Å². The normalized spacial score (nSPS) is 9.91. The molecule has 0 aliphatic rings. The summed E-state index contributed by atoms with van der Waals surface area (Å²) in [6, 6.07) is 4.16. The first-order valence-electron chi connectivity index (χ1n) is 6.94. The van der Waals surface area contributed by atoms with Crippen LogP contribution in [-0.2, 0) is 0 Å². The van der Waals surface area contributed by atoms with Crippen LogP contribution in [0.3, 0.4) is 0 Å². The van der Waals surface area contributed by atoms with Gasteiger partial charge in [0.2, 0.25) is 11.5 Å². The number of methoxy groups -OCH3 is 1. The summed E-state index contributed by atoms with van der Waals surface area (Å²) in [5.74, 6) is -0.184. The number of rotatable bonds is 4. The number of ether oxygens (including phenoxy) is 1. The second-order valence-corrected chi connectivity index (χ2v) is 5.09. The first-order valence-corrected chi connectivity index (χ1v) is 6.94. The molecule has 2 aromatic rings. The Morgan fingerprint density at radius 3 is 2.61 bits per heavy atom. The minimum absolute atomic E-state index is 0.0548. The Hall–Kier alpha value is -2.86. The van der Waals surface area contributed by atoms with Crippen LogP contribution in [0.15, 0.2) is 32.5 Å². The maximum absolute atomic E-state index is 10.9. The van der Waals surface area contributed by atoms with E-state index >= 15 is 0 Å². The van der Waals surface area contributed by atoms with E-state index in [1.54, 1.807) is 0 Å². The number of hydrogen-bond acceptors (Lipinski definition) is 6. The van der Waals surface area contributed by atoms with Gasteiger partial charge in [-0.15, -0.1) is 0 Å². The molecular formula is C15H19N3O5. The van der Waals surface area contributed by atoms with Gasteiger partial charge in [0.15, 0.2) is 11.3 Å². The van der Waals surface area contributed by atoms with E-state index in [0.717, 1.165) is 6.42 Å². The standard InChI is InChI=1S/C10H8O5.C5H11N3/c1-14-6-4-5-2-3-7(11)15-10(5)9(13)8(6)12;1-5(2)3-4-7-8-6/h2-4,12-13H,1H3;5H,3-4H2,1-2H3. The third kappa shape index (κ3) is 5.12. The second kappa shape index (κ2) is 8.55. The fraction of sp³-hybridized carbons (Fsp3) is 0.400. The van der Waals surface area contributed by atoms with Crippen LogP contribution in [0.25, 0.3) is 21.4 Å². The molecule has 0 unspecified atom stereocenters. The third-order valence-corrected chi connectivity index (χ3v) is 2.91. The maximum Gasteiger partial charge on any atom is 0.336 e. The lowest BCUT2D eigenvalue weighted by atomic mass is 10.1. The molecule has 0 fully saturated rings. The Labute approximate surface area is 132 Å². The summed E-state index contributed by atoms with van der Waals surface area (Å²) in [6.45, 7) is 4.84. The number of benzene rings is 1. The van der Waals surface area contributed by atoms with Crippen LogP contribution in [0.1, 0.15) is 20.3 Å². The lowest BCUT2D eigenvalue weighted by Gasteiger charge is -2.06. The maximum atomic E-state index is 10.9. The van der Waals surface area contributed by atoms with Crippen molar-refractivity contribution in [1.82, 2.24) is 0 Å². The Balaban J connectivity index is 0.000000284. The van der Waals surface area contributed by atoms with Crippen molar-refractivity contribution in [3.63, 3.8) is 0 Å². The van der Waals surface area contributed by atoms with Crippen molar-refractivity contribution in [2.45, 2.75) is 20.3 Å². The molecule has 0 atom stereocenters. The molecule has 0 amide bonds. The van der Waals surface area contributed by atoms with Gasteiger partial charge in [0.1, 0.15) is 0 Å². The van der Waals surface area contributed by atoms with Crippen LogP contribution in [0.5, 0.6) is 17.2 Å². The van der Waals surface area contributed by atoms with Crippen molar-refractivity contribution >= 4 is 11.0 Å². The molecule has 0 radical (unpaired) electrons. The molecule has 0 saturated carbocycles. The third-order valence-electron chi connectivity index (χ3n) is 2.91. The second-order valence-electron chi connectivity index (χ2n) is 5.09.